The van der Waals surface area contributed by atoms with Crippen LogP contribution in [0.2, 0.25) is 0 Å². The van der Waals surface area contributed by atoms with E-state index in [1.807, 2.05) is 37.3 Å². The zero-order chi connectivity index (χ0) is 15.3. The highest BCUT2D eigenvalue weighted by Crippen LogP contribution is 2.36. The van der Waals surface area contributed by atoms with Gasteiger partial charge in [-0.1, -0.05) is 40.2 Å². The molecule has 112 valence electrons. The van der Waals surface area contributed by atoms with Gasteiger partial charge in [0.05, 0.1) is 12.6 Å². The Labute approximate surface area is 133 Å². The normalized spacial score (nSPS) is 28.7. The number of hydrogen-bond acceptors (Lipinski definition) is 3. The van der Waals surface area contributed by atoms with Gasteiger partial charge in [-0.15, -0.1) is 0 Å². The number of morpholine rings is 1. The summed E-state index contributed by atoms with van der Waals surface area (Å²) in [6.45, 7) is 6.54. The van der Waals surface area contributed by atoms with Gasteiger partial charge in [0.2, 0.25) is 5.79 Å². The molecule has 0 amide bonds. The molecule has 2 atom stereocenters. The number of nitrogens with one attached hydrogen (secondary N) is 1. The number of ether oxygens (including phenoxy) is 1. The minimum Gasteiger partial charge on any atom is -0.361 e. The first-order valence-electron chi connectivity index (χ1n) is 7.15. The van der Waals surface area contributed by atoms with Crippen molar-refractivity contribution in [2.75, 3.05) is 6.61 Å². The van der Waals surface area contributed by atoms with Gasteiger partial charge in [-0.05, 0) is 43.7 Å². The predicted octanol–water partition coefficient (Wildman–Crippen LogP) is 3.53. The summed E-state index contributed by atoms with van der Waals surface area (Å²) in [7, 11) is 0. The number of benzene rings is 2. The van der Waals surface area contributed by atoms with Crippen molar-refractivity contribution in [3.63, 3.8) is 0 Å². The maximum Gasteiger partial charge on any atom is 0.208 e. The van der Waals surface area contributed by atoms with Crippen LogP contribution >= 0.6 is 15.9 Å². The first-order chi connectivity index (χ1) is 9.82. The Morgan fingerprint density at radius 2 is 2.00 bits per heavy atom. The van der Waals surface area contributed by atoms with Crippen LogP contribution in [0.4, 0.5) is 0 Å². The molecule has 2 aromatic rings. The minimum atomic E-state index is -1.32. The lowest BCUT2D eigenvalue weighted by molar-refractivity contribution is -0.263. The molecule has 4 heteroatoms. The molecular formula is C17H20BrNO2. The molecular weight excluding hydrogens is 330 g/mol. The van der Waals surface area contributed by atoms with Crippen molar-refractivity contribution in [1.82, 2.24) is 5.32 Å². The van der Waals surface area contributed by atoms with Gasteiger partial charge in [0.1, 0.15) is 0 Å². The van der Waals surface area contributed by atoms with Gasteiger partial charge in [-0.2, -0.15) is 0 Å². The van der Waals surface area contributed by atoms with Crippen molar-refractivity contribution in [2.24, 2.45) is 0 Å². The van der Waals surface area contributed by atoms with E-state index >= 15 is 0 Å². The lowest BCUT2D eigenvalue weighted by Crippen LogP contribution is -2.63. The second-order valence-corrected chi connectivity index (χ2v) is 7.27. The van der Waals surface area contributed by atoms with Gasteiger partial charge >= 0.3 is 0 Å². The topological polar surface area (TPSA) is 41.5 Å². The predicted molar refractivity (Wildman–Crippen MR) is 88.2 cm³/mol. The van der Waals surface area contributed by atoms with Crippen LogP contribution in [0, 0.1) is 0 Å². The highest BCUT2D eigenvalue weighted by atomic mass is 79.9. The highest BCUT2D eigenvalue weighted by molar-refractivity contribution is 9.10. The van der Waals surface area contributed by atoms with E-state index < -0.39 is 5.79 Å². The summed E-state index contributed by atoms with van der Waals surface area (Å²) in [6.07, 6.45) is 0. The Balaban J connectivity index is 2.07. The lowest BCUT2D eigenvalue weighted by Gasteiger charge is -2.46. The van der Waals surface area contributed by atoms with Crippen molar-refractivity contribution < 1.29 is 9.84 Å². The van der Waals surface area contributed by atoms with Gasteiger partial charge in [0, 0.05) is 15.6 Å². The summed E-state index contributed by atoms with van der Waals surface area (Å²) >= 11 is 3.59. The molecule has 1 fully saturated rings. The summed E-state index contributed by atoms with van der Waals surface area (Å²) in [5.41, 5.74) is 0.628. The maximum atomic E-state index is 11.0. The Morgan fingerprint density at radius 1 is 1.29 bits per heavy atom. The molecule has 0 aliphatic carbocycles. The molecule has 1 aliphatic rings. The van der Waals surface area contributed by atoms with Crippen LogP contribution in [0.3, 0.4) is 0 Å². The largest absolute Gasteiger partial charge is 0.361 e. The van der Waals surface area contributed by atoms with Crippen LogP contribution in [0.25, 0.3) is 10.8 Å². The van der Waals surface area contributed by atoms with Gasteiger partial charge in [0.15, 0.2) is 0 Å². The third-order valence-electron chi connectivity index (χ3n) is 4.07. The molecule has 2 unspecified atom stereocenters. The molecule has 0 spiro atoms. The average molecular weight is 350 g/mol. The van der Waals surface area contributed by atoms with E-state index in [-0.39, 0.29) is 11.6 Å². The number of hydrogen-bond donors (Lipinski definition) is 2. The molecule has 1 heterocycles. The van der Waals surface area contributed by atoms with Crippen LogP contribution in [0.5, 0.6) is 0 Å². The Kier molecular flexibility index (Phi) is 3.61. The summed E-state index contributed by atoms with van der Waals surface area (Å²) in [5, 5.41) is 16.6. The third-order valence-corrected chi connectivity index (χ3v) is 4.73. The summed E-state index contributed by atoms with van der Waals surface area (Å²) in [5.74, 6) is -1.32. The SMILES string of the molecule is CC1NC(C)(C)COC1(O)c1cc(Br)c2ccccc2c1. The summed E-state index contributed by atoms with van der Waals surface area (Å²) < 4.78 is 6.82. The molecule has 21 heavy (non-hydrogen) atoms. The second kappa shape index (κ2) is 5.06. The fourth-order valence-electron chi connectivity index (χ4n) is 2.95. The van der Waals surface area contributed by atoms with Gasteiger partial charge in [-0.25, -0.2) is 0 Å². The molecule has 0 radical (unpaired) electrons. The lowest BCUT2D eigenvalue weighted by atomic mass is 9.91. The first-order valence-corrected chi connectivity index (χ1v) is 7.94. The van der Waals surface area contributed by atoms with Crippen LogP contribution in [-0.2, 0) is 10.5 Å². The molecule has 0 aromatic heterocycles. The van der Waals surface area contributed by atoms with Crippen LogP contribution in [0.15, 0.2) is 40.9 Å². The smallest absolute Gasteiger partial charge is 0.208 e. The van der Waals surface area contributed by atoms with Crippen LogP contribution in [0.1, 0.15) is 26.3 Å². The molecule has 1 aliphatic heterocycles. The number of halogens is 1. The standard InChI is InChI=1S/C17H20BrNO2/c1-11-17(20,21-10-16(2,3)19-11)13-8-12-6-4-5-7-14(12)15(18)9-13/h4-9,11,19-20H,10H2,1-3H3. The molecule has 2 aromatic carbocycles. The van der Waals surface area contributed by atoms with Gasteiger partial charge in [0.25, 0.3) is 0 Å². The summed E-state index contributed by atoms with van der Waals surface area (Å²) in [4.78, 5) is 0. The zero-order valence-corrected chi connectivity index (χ0v) is 14.1. The number of rotatable bonds is 1. The summed E-state index contributed by atoms with van der Waals surface area (Å²) in [6, 6.07) is 11.8. The minimum absolute atomic E-state index is 0.139. The first kappa shape index (κ1) is 15.0. The van der Waals surface area contributed by atoms with Gasteiger partial charge in [-0.3, -0.25) is 0 Å². The van der Waals surface area contributed by atoms with Crippen molar-refractivity contribution >= 4 is 26.7 Å². The highest BCUT2D eigenvalue weighted by Gasteiger charge is 2.45. The Bertz CT molecular complexity index is 686. The van der Waals surface area contributed by atoms with E-state index in [0.29, 0.717) is 6.61 Å². The molecule has 3 rings (SSSR count). The van der Waals surface area contributed by atoms with Gasteiger partial charge < -0.3 is 15.2 Å². The van der Waals surface area contributed by atoms with Crippen molar-refractivity contribution in [1.29, 1.82) is 0 Å². The molecule has 2 N–H and O–H groups in total. The third kappa shape index (κ3) is 2.61. The number of fused-ring (bicyclic) bond motifs is 1. The van der Waals surface area contributed by atoms with Crippen molar-refractivity contribution in [2.45, 2.75) is 38.1 Å². The van der Waals surface area contributed by atoms with Crippen molar-refractivity contribution in [3.8, 4) is 0 Å². The fraction of sp³-hybridized carbons (Fsp3) is 0.412. The molecule has 1 saturated heterocycles. The average Bonchev–Trinajstić information content (AvgIpc) is 2.43. The monoisotopic (exact) mass is 349 g/mol. The van der Waals surface area contributed by atoms with E-state index in [9.17, 15) is 5.11 Å². The van der Waals surface area contributed by atoms with E-state index in [1.54, 1.807) is 0 Å². The van der Waals surface area contributed by atoms with Crippen molar-refractivity contribution in [3.05, 3.63) is 46.4 Å². The second-order valence-electron chi connectivity index (χ2n) is 6.41. The molecule has 3 nitrogen and oxygen atoms in total. The molecule has 0 saturated carbocycles. The van der Waals surface area contributed by atoms with E-state index in [4.69, 9.17) is 4.74 Å². The van der Waals surface area contributed by atoms with E-state index in [0.717, 1.165) is 20.8 Å². The van der Waals surface area contributed by atoms with E-state index in [1.165, 1.54) is 0 Å². The number of aliphatic hydroxyl groups is 1. The maximum absolute atomic E-state index is 11.0. The quantitative estimate of drug-likeness (QED) is 0.827. The Hall–Kier alpha value is -0.940. The van der Waals surface area contributed by atoms with Crippen LogP contribution in [-0.4, -0.2) is 23.3 Å². The zero-order valence-electron chi connectivity index (χ0n) is 12.5. The van der Waals surface area contributed by atoms with E-state index in [2.05, 4.69) is 41.2 Å². The Morgan fingerprint density at radius 3 is 2.71 bits per heavy atom. The fourth-order valence-corrected chi connectivity index (χ4v) is 3.55. The molecule has 0 bridgehead atoms. The van der Waals surface area contributed by atoms with Crippen LogP contribution < -0.4 is 5.32 Å².